The van der Waals surface area contributed by atoms with Gasteiger partial charge in [-0.25, -0.2) is 4.98 Å². The Labute approximate surface area is 183 Å². The number of fused-ring (bicyclic) bond motifs is 1. The second kappa shape index (κ2) is 8.06. The highest BCUT2D eigenvalue weighted by Crippen LogP contribution is 2.29. The molecule has 2 aliphatic rings. The molecule has 0 aliphatic carbocycles. The number of likely N-dealkylation sites (tertiary alicyclic amines) is 1. The van der Waals surface area contributed by atoms with Crippen LogP contribution in [0.5, 0.6) is 0 Å². The lowest BCUT2D eigenvalue weighted by Crippen LogP contribution is -2.34. The quantitative estimate of drug-likeness (QED) is 0.657. The van der Waals surface area contributed by atoms with Crippen molar-refractivity contribution in [1.29, 1.82) is 0 Å². The predicted octanol–water partition coefficient (Wildman–Crippen LogP) is 4.77. The fraction of sp³-hybridized carbons (Fsp3) is 0.308. The zero-order valence-electron chi connectivity index (χ0n) is 18.2. The van der Waals surface area contributed by atoms with Gasteiger partial charge < -0.3 is 14.8 Å². The first kappa shape index (κ1) is 19.6. The molecule has 0 unspecified atom stereocenters. The van der Waals surface area contributed by atoms with Gasteiger partial charge in [-0.05, 0) is 43.0 Å². The van der Waals surface area contributed by atoms with Crippen molar-refractivity contribution in [2.24, 2.45) is 0 Å². The number of amides is 1. The van der Waals surface area contributed by atoms with Crippen LogP contribution in [0.3, 0.4) is 0 Å². The zero-order chi connectivity index (χ0) is 21.4. The van der Waals surface area contributed by atoms with E-state index in [1.807, 2.05) is 4.90 Å². The van der Waals surface area contributed by atoms with Crippen LogP contribution >= 0.6 is 0 Å². The molecule has 1 aromatic heterocycles. The summed E-state index contributed by atoms with van der Waals surface area (Å²) in [6.45, 7) is 7.58. The van der Waals surface area contributed by atoms with Crippen LogP contribution in [-0.2, 0) is 11.3 Å². The molecule has 2 aliphatic heterocycles. The van der Waals surface area contributed by atoms with Crippen molar-refractivity contribution in [3.05, 3.63) is 71.2 Å². The van der Waals surface area contributed by atoms with Crippen LogP contribution in [0.25, 0.3) is 28.6 Å². The van der Waals surface area contributed by atoms with Crippen molar-refractivity contribution in [2.45, 2.75) is 33.2 Å². The van der Waals surface area contributed by atoms with E-state index in [4.69, 9.17) is 4.98 Å². The van der Waals surface area contributed by atoms with Crippen molar-refractivity contribution in [1.82, 2.24) is 19.8 Å². The molecule has 1 N–H and O–H groups in total. The minimum absolute atomic E-state index is 0.287. The molecule has 158 valence electrons. The number of nitrogens with one attached hydrogen (secondary N) is 1. The third-order valence-corrected chi connectivity index (χ3v) is 6.31. The number of H-pyrrole nitrogens is 1. The highest BCUT2D eigenvalue weighted by molar-refractivity contribution is 5.78. The Morgan fingerprint density at radius 2 is 1.84 bits per heavy atom. The Balaban J connectivity index is 1.31. The minimum atomic E-state index is 0.287. The molecule has 0 radical (unpaired) electrons. The van der Waals surface area contributed by atoms with Crippen LogP contribution in [0.15, 0.2) is 48.7 Å². The molecule has 0 saturated carbocycles. The van der Waals surface area contributed by atoms with Crippen LogP contribution in [0.2, 0.25) is 0 Å². The summed E-state index contributed by atoms with van der Waals surface area (Å²) >= 11 is 0. The number of hydrogen-bond acceptors (Lipinski definition) is 3. The summed E-state index contributed by atoms with van der Waals surface area (Å²) in [5.41, 5.74) is 8.20. The van der Waals surface area contributed by atoms with Crippen LogP contribution in [0, 0.1) is 13.8 Å². The molecule has 31 heavy (non-hydrogen) atoms. The first-order chi connectivity index (χ1) is 15.1. The van der Waals surface area contributed by atoms with Gasteiger partial charge in [0.05, 0.1) is 17.9 Å². The molecule has 3 heterocycles. The summed E-state index contributed by atoms with van der Waals surface area (Å²) in [7, 11) is 0. The fourth-order valence-corrected chi connectivity index (χ4v) is 4.44. The molecule has 2 aromatic carbocycles. The Morgan fingerprint density at radius 3 is 2.58 bits per heavy atom. The summed E-state index contributed by atoms with van der Waals surface area (Å²) in [6, 6.07) is 15.2. The number of benzene rings is 2. The van der Waals surface area contributed by atoms with Gasteiger partial charge in [0.15, 0.2) is 0 Å². The standard InChI is InChI=1S/C26H28N4O/c1-18-5-7-20(8-6-18)21-9-10-22(19(2)16-21)26-27-23-11-13-29(17-24(23)28-26)14-15-30-12-3-4-25(30)31/h5-11,13,16H,3-4,12,14-15,17H2,1-2H3,(H,27,28). The third-order valence-electron chi connectivity index (χ3n) is 6.31. The van der Waals surface area contributed by atoms with Gasteiger partial charge in [0, 0.05) is 37.8 Å². The van der Waals surface area contributed by atoms with E-state index in [0.717, 1.165) is 55.4 Å². The summed E-state index contributed by atoms with van der Waals surface area (Å²) < 4.78 is 0. The SMILES string of the molecule is Cc1ccc(-c2ccc(-c3nc4c([nH]3)CN(CCN3CCCC3=O)C=C4)c(C)c2)cc1. The monoisotopic (exact) mass is 412 g/mol. The summed E-state index contributed by atoms with van der Waals surface area (Å²) in [5, 5.41) is 0. The molecule has 0 spiro atoms. The van der Waals surface area contributed by atoms with Crippen molar-refractivity contribution in [3.63, 3.8) is 0 Å². The first-order valence-corrected chi connectivity index (χ1v) is 11.0. The van der Waals surface area contributed by atoms with Gasteiger partial charge in [0.1, 0.15) is 5.82 Å². The molecule has 5 nitrogen and oxygen atoms in total. The average Bonchev–Trinajstić information content (AvgIpc) is 3.38. The number of aromatic nitrogens is 2. The van der Waals surface area contributed by atoms with Crippen LogP contribution < -0.4 is 0 Å². The van der Waals surface area contributed by atoms with E-state index in [2.05, 4.69) is 78.5 Å². The van der Waals surface area contributed by atoms with Gasteiger partial charge in [-0.15, -0.1) is 0 Å². The lowest BCUT2D eigenvalue weighted by Gasteiger charge is -2.25. The number of aryl methyl sites for hydroxylation is 2. The zero-order valence-corrected chi connectivity index (χ0v) is 18.2. The lowest BCUT2D eigenvalue weighted by atomic mass is 9.99. The van der Waals surface area contributed by atoms with Crippen LogP contribution in [0.1, 0.15) is 35.4 Å². The molecule has 1 fully saturated rings. The molecular weight excluding hydrogens is 384 g/mol. The summed E-state index contributed by atoms with van der Waals surface area (Å²) in [4.78, 5) is 24.5. The molecule has 3 aromatic rings. The number of nitrogens with zero attached hydrogens (tertiary/aromatic N) is 3. The van der Waals surface area contributed by atoms with Crippen molar-refractivity contribution in [3.8, 4) is 22.5 Å². The van der Waals surface area contributed by atoms with Gasteiger partial charge in [-0.2, -0.15) is 0 Å². The summed E-state index contributed by atoms with van der Waals surface area (Å²) in [5.74, 6) is 1.20. The van der Waals surface area contributed by atoms with Crippen molar-refractivity contribution in [2.75, 3.05) is 19.6 Å². The average molecular weight is 413 g/mol. The van der Waals surface area contributed by atoms with Crippen molar-refractivity contribution < 1.29 is 4.79 Å². The van der Waals surface area contributed by atoms with Gasteiger partial charge in [0.25, 0.3) is 0 Å². The number of carbonyl (C=O) groups excluding carboxylic acids is 1. The van der Waals surface area contributed by atoms with Gasteiger partial charge in [0.2, 0.25) is 5.91 Å². The maximum absolute atomic E-state index is 11.8. The predicted molar refractivity (Wildman–Crippen MR) is 124 cm³/mol. The first-order valence-electron chi connectivity index (χ1n) is 11.0. The van der Waals surface area contributed by atoms with Gasteiger partial charge >= 0.3 is 0 Å². The molecule has 5 rings (SSSR count). The Hall–Kier alpha value is -3.34. The molecule has 5 heteroatoms. The number of rotatable bonds is 5. The topological polar surface area (TPSA) is 52.2 Å². The lowest BCUT2D eigenvalue weighted by molar-refractivity contribution is -0.127. The van der Waals surface area contributed by atoms with Gasteiger partial charge in [-0.3, -0.25) is 4.79 Å². The highest BCUT2D eigenvalue weighted by Gasteiger charge is 2.22. The Bertz CT molecular complexity index is 1140. The van der Waals surface area contributed by atoms with E-state index in [1.54, 1.807) is 0 Å². The minimum Gasteiger partial charge on any atom is -0.370 e. The van der Waals surface area contributed by atoms with E-state index in [1.165, 1.54) is 22.3 Å². The summed E-state index contributed by atoms with van der Waals surface area (Å²) in [6.07, 6.45) is 5.86. The Morgan fingerprint density at radius 1 is 1.03 bits per heavy atom. The van der Waals surface area contributed by atoms with E-state index >= 15 is 0 Å². The van der Waals surface area contributed by atoms with Crippen LogP contribution in [0.4, 0.5) is 0 Å². The largest absolute Gasteiger partial charge is 0.370 e. The fourth-order valence-electron chi connectivity index (χ4n) is 4.44. The van der Waals surface area contributed by atoms with E-state index in [9.17, 15) is 4.79 Å². The number of hydrogen-bond donors (Lipinski definition) is 1. The smallest absolute Gasteiger partial charge is 0.222 e. The molecule has 1 saturated heterocycles. The van der Waals surface area contributed by atoms with Crippen molar-refractivity contribution >= 4 is 12.0 Å². The maximum Gasteiger partial charge on any atom is 0.222 e. The van der Waals surface area contributed by atoms with E-state index in [0.29, 0.717) is 6.42 Å². The molecule has 1 amide bonds. The van der Waals surface area contributed by atoms with Gasteiger partial charge in [-0.1, -0.05) is 48.0 Å². The number of aromatic amines is 1. The number of carbonyl (C=O) groups is 1. The highest BCUT2D eigenvalue weighted by atomic mass is 16.2. The second-order valence-electron chi connectivity index (χ2n) is 8.62. The number of imidazole rings is 1. The molecule has 0 bridgehead atoms. The molecular formula is C26H28N4O. The van der Waals surface area contributed by atoms with E-state index < -0.39 is 0 Å². The third kappa shape index (κ3) is 4.00. The van der Waals surface area contributed by atoms with Crippen LogP contribution in [-0.4, -0.2) is 45.3 Å². The van der Waals surface area contributed by atoms with E-state index in [-0.39, 0.29) is 5.91 Å². The second-order valence-corrected chi connectivity index (χ2v) is 8.62. The Kier molecular flexibility index (Phi) is 5.10. The molecule has 0 atom stereocenters. The normalized spacial score (nSPS) is 15.6. The maximum atomic E-state index is 11.8.